The van der Waals surface area contributed by atoms with Gasteiger partial charge < -0.3 is 14.4 Å². The molecule has 3 nitrogen and oxygen atoms in total. The predicted molar refractivity (Wildman–Crippen MR) is 265 cm³/mol. The van der Waals surface area contributed by atoms with Crippen molar-refractivity contribution in [3.05, 3.63) is 240 Å². The molecule has 10 aromatic rings. The Morgan fingerprint density at radius 3 is 1.92 bits per heavy atom. The molecule has 0 N–H and O–H groups in total. The minimum atomic E-state index is 0.152. The van der Waals surface area contributed by atoms with Gasteiger partial charge in [0.1, 0.15) is 0 Å². The van der Waals surface area contributed by atoms with Crippen molar-refractivity contribution in [2.75, 3.05) is 9.80 Å². The Hall–Kier alpha value is -7.88. The van der Waals surface area contributed by atoms with Crippen molar-refractivity contribution >= 4 is 73.0 Å². The molecule has 0 radical (unpaired) electrons. The van der Waals surface area contributed by atoms with Gasteiger partial charge in [0.05, 0.1) is 17.5 Å². The van der Waals surface area contributed by atoms with Gasteiger partial charge in [-0.05, 0) is 135 Å². The molecule has 3 heteroatoms. The van der Waals surface area contributed by atoms with Crippen LogP contribution in [0.15, 0.2) is 212 Å². The highest BCUT2D eigenvalue weighted by atomic mass is 15.2. The summed E-state index contributed by atoms with van der Waals surface area (Å²) in [6.45, 7) is 0. The minimum absolute atomic E-state index is 0.152. The van der Waals surface area contributed by atoms with E-state index in [-0.39, 0.29) is 12.0 Å². The quantitative estimate of drug-likeness (QED) is 0.155. The van der Waals surface area contributed by atoms with Crippen LogP contribution in [0.5, 0.6) is 0 Å². The van der Waals surface area contributed by atoms with Crippen LogP contribution in [0.1, 0.15) is 40.3 Å². The van der Waals surface area contributed by atoms with E-state index in [0.29, 0.717) is 0 Å². The predicted octanol–water partition coefficient (Wildman–Crippen LogP) is 15.7. The molecule has 9 aromatic carbocycles. The van der Waals surface area contributed by atoms with Crippen LogP contribution >= 0.6 is 0 Å². The van der Waals surface area contributed by atoms with Gasteiger partial charge in [-0.15, -0.1) is 0 Å². The van der Waals surface area contributed by atoms with Crippen molar-refractivity contribution in [3.63, 3.8) is 0 Å². The fourth-order valence-corrected chi connectivity index (χ4v) is 11.0. The second kappa shape index (κ2) is 14.4. The molecule has 2 heterocycles. The summed E-state index contributed by atoms with van der Waals surface area (Å²) in [6, 6.07) is 74.0. The molecule has 1 aromatic heterocycles. The molecule has 13 rings (SSSR count). The summed E-state index contributed by atoms with van der Waals surface area (Å²) in [5, 5.41) is 6.55. The fraction of sp³-hybridized carbons (Fsp3) is 0.0667. The number of hydrogen-bond acceptors (Lipinski definition) is 2. The highest BCUT2D eigenvalue weighted by Gasteiger charge is 2.43. The van der Waals surface area contributed by atoms with Crippen LogP contribution in [0, 0.1) is 0 Å². The molecule has 3 aliphatic rings. The van der Waals surface area contributed by atoms with E-state index in [9.17, 15) is 0 Å². The van der Waals surface area contributed by atoms with Crippen molar-refractivity contribution in [3.8, 4) is 16.8 Å². The molecule has 0 amide bonds. The zero-order chi connectivity index (χ0) is 41.4. The Morgan fingerprint density at radius 1 is 0.460 bits per heavy atom. The van der Waals surface area contributed by atoms with Gasteiger partial charge >= 0.3 is 0 Å². The molecule has 0 spiro atoms. The van der Waals surface area contributed by atoms with E-state index in [1.807, 2.05) is 0 Å². The third-order valence-corrected chi connectivity index (χ3v) is 13.8. The number of rotatable bonds is 6. The van der Waals surface area contributed by atoms with Crippen LogP contribution in [-0.4, -0.2) is 10.6 Å². The molecule has 2 unspecified atom stereocenters. The minimum Gasteiger partial charge on any atom is -0.333 e. The summed E-state index contributed by atoms with van der Waals surface area (Å²) in [4.78, 5) is 4.96. The maximum absolute atomic E-state index is 2.54. The average molecular weight is 806 g/mol. The first kappa shape index (κ1) is 35.8. The second-order valence-electron chi connectivity index (χ2n) is 17.1. The molecule has 2 aliphatic carbocycles. The first-order chi connectivity index (χ1) is 31.3. The second-order valence-corrected chi connectivity index (χ2v) is 17.1. The maximum atomic E-state index is 2.54. The molecule has 0 saturated heterocycles. The van der Waals surface area contributed by atoms with Crippen LogP contribution in [0.4, 0.5) is 28.4 Å². The topological polar surface area (TPSA) is 11.4 Å². The molecular weight excluding hydrogens is 763 g/mol. The van der Waals surface area contributed by atoms with E-state index in [4.69, 9.17) is 0 Å². The Morgan fingerprint density at radius 2 is 1.11 bits per heavy atom. The van der Waals surface area contributed by atoms with Gasteiger partial charge in [0, 0.05) is 50.8 Å². The largest absolute Gasteiger partial charge is 0.333 e. The van der Waals surface area contributed by atoms with Crippen molar-refractivity contribution in [1.82, 2.24) is 4.57 Å². The number of allylic oxidation sites excluding steroid dienone is 1. The number of para-hydroxylation sites is 3. The summed E-state index contributed by atoms with van der Waals surface area (Å²) in [5.74, 6) is 0.154. The van der Waals surface area contributed by atoms with E-state index >= 15 is 0 Å². The monoisotopic (exact) mass is 805 g/mol. The van der Waals surface area contributed by atoms with Crippen LogP contribution in [-0.2, 0) is 6.42 Å². The highest BCUT2D eigenvalue weighted by molar-refractivity contribution is 6.14. The van der Waals surface area contributed by atoms with Crippen LogP contribution < -0.4 is 9.80 Å². The van der Waals surface area contributed by atoms with E-state index in [0.717, 1.165) is 35.6 Å². The Kier molecular flexibility index (Phi) is 8.17. The van der Waals surface area contributed by atoms with E-state index < -0.39 is 0 Å². The summed E-state index contributed by atoms with van der Waals surface area (Å²) >= 11 is 0. The van der Waals surface area contributed by atoms with Gasteiger partial charge in [0.2, 0.25) is 0 Å². The van der Waals surface area contributed by atoms with E-state index in [1.54, 1.807) is 0 Å². The lowest BCUT2D eigenvalue weighted by Crippen LogP contribution is -2.31. The lowest BCUT2D eigenvalue weighted by molar-refractivity contribution is 0.693. The first-order valence-corrected chi connectivity index (χ1v) is 22.2. The van der Waals surface area contributed by atoms with Gasteiger partial charge in [-0.3, -0.25) is 0 Å². The summed E-state index contributed by atoms with van der Waals surface area (Å²) < 4.78 is 2.54. The third-order valence-electron chi connectivity index (χ3n) is 13.8. The summed E-state index contributed by atoms with van der Waals surface area (Å²) in [5.41, 5.74) is 17.5. The summed E-state index contributed by atoms with van der Waals surface area (Å²) in [6.07, 6.45) is 11.6. The Bertz CT molecular complexity index is 3450. The zero-order valence-electron chi connectivity index (χ0n) is 34.8. The summed E-state index contributed by atoms with van der Waals surface area (Å²) in [7, 11) is 0. The number of benzene rings is 9. The van der Waals surface area contributed by atoms with E-state index in [1.165, 1.54) is 82.9 Å². The molecular formula is C60H43N3. The van der Waals surface area contributed by atoms with Crippen LogP contribution in [0.3, 0.4) is 0 Å². The normalized spacial score (nSPS) is 16.0. The third kappa shape index (κ3) is 5.59. The smallest absolute Gasteiger partial charge is 0.0650 e. The first-order valence-electron chi connectivity index (χ1n) is 22.2. The number of hydrogen-bond donors (Lipinski definition) is 0. The van der Waals surface area contributed by atoms with Gasteiger partial charge in [-0.2, -0.15) is 0 Å². The van der Waals surface area contributed by atoms with Crippen LogP contribution in [0.2, 0.25) is 0 Å². The van der Waals surface area contributed by atoms with Gasteiger partial charge in [0.15, 0.2) is 0 Å². The molecule has 298 valence electrons. The van der Waals surface area contributed by atoms with Crippen molar-refractivity contribution < 1.29 is 0 Å². The lowest BCUT2D eigenvalue weighted by atomic mass is 9.84. The Labute approximate surface area is 367 Å². The van der Waals surface area contributed by atoms with Crippen molar-refractivity contribution in [2.45, 2.75) is 24.8 Å². The SMILES string of the molecule is C1=Cc2c(c3ccccc3c3cc(N(c4ccc(-c5ccccc5)cc4)c4ccc(-n5c6c(c7ccccc75)C=CC5C6c6ccccc6N5c5ccccc5)cc4)ccc23)CC1. The lowest BCUT2D eigenvalue weighted by Gasteiger charge is -2.31. The number of aromatic nitrogens is 1. The van der Waals surface area contributed by atoms with Crippen molar-refractivity contribution in [2.24, 2.45) is 0 Å². The Balaban J connectivity index is 0.973. The fourth-order valence-electron chi connectivity index (χ4n) is 11.0. The van der Waals surface area contributed by atoms with Gasteiger partial charge in [-0.25, -0.2) is 0 Å². The van der Waals surface area contributed by atoms with Gasteiger partial charge in [0.25, 0.3) is 0 Å². The van der Waals surface area contributed by atoms with Crippen molar-refractivity contribution in [1.29, 1.82) is 0 Å². The van der Waals surface area contributed by atoms with E-state index in [2.05, 4.69) is 239 Å². The molecule has 1 aliphatic heterocycles. The number of aryl methyl sites for hydroxylation is 1. The highest BCUT2D eigenvalue weighted by Crippen LogP contribution is 2.53. The standard InChI is InChI=1S/C60H43N3/c1-3-15-40(16-4-1)41-27-29-43(30-28-41)61(46-35-36-51-49-21-8-7-19-47(49)48-20-9-10-22-50(48)55(51)39-46)44-31-33-45(34-32-44)63-56-25-13-11-23-52(56)53-37-38-58-59(60(53)63)54-24-12-14-26-57(54)62(58)42-17-5-2-6-18-42/h1-6,8-18,20-39,58-59H,7,19H2. The molecule has 63 heavy (non-hydrogen) atoms. The number of anilines is 5. The van der Waals surface area contributed by atoms with Gasteiger partial charge in [-0.1, -0.05) is 152 Å². The van der Waals surface area contributed by atoms with Crippen LogP contribution in [0.25, 0.3) is 61.4 Å². The maximum Gasteiger partial charge on any atom is 0.0650 e. The average Bonchev–Trinajstić information content (AvgIpc) is 3.88. The zero-order valence-corrected chi connectivity index (χ0v) is 34.8. The molecule has 2 atom stereocenters. The number of nitrogens with zero attached hydrogens (tertiary/aromatic N) is 3. The number of fused-ring (bicyclic) bond motifs is 13. The molecule has 0 bridgehead atoms. The molecule has 0 saturated carbocycles. The molecule has 0 fully saturated rings.